The fraction of sp³-hybridized carbons (Fsp3) is 0.622. The molecule has 2 aromatic rings. The van der Waals surface area contributed by atoms with E-state index in [0.717, 1.165) is 95.2 Å². The number of ketones is 1. The van der Waals surface area contributed by atoms with Crippen LogP contribution in [-0.2, 0) is 27.8 Å². The van der Waals surface area contributed by atoms with Gasteiger partial charge in [-0.05, 0) is 87.9 Å². The Morgan fingerprint density at radius 3 is 2.65 bits per heavy atom. The van der Waals surface area contributed by atoms with Crippen LogP contribution < -0.4 is 9.47 Å². The highest BCUT2D eigenvalue weighted by Gasteiger charge is 2.66. The zero-order valence-electron chi connectivity index (χ0n) is 26.5. The predicted octanol–water partition coefficient (Wildman–Crippen LogP) is 6.51. The minimum absolute atomic E-state index is 0.0630. The van der Waals surface area contributed by atoms with Gasteiger partial charge in [0.15, 0.2) is 11.5 Å². The van der Waals surface area contributed by atoms with Crippen molar-refractivity contribution in [1.82, 2.24) is 9.80 Å². The van der Waals surface area contributed by atoms with E-state index in [1.54, 1.807) is 14.0 Å². The Morgan fingerprint density at radius 2 is 1.88 bits per heavy atom. The summed E-state index contributed by atoms with van der Waals surface area (Å²) in [5, 5.41) is 0. The zero-order chi connectivity index (χ0) is 30.0. The van der Waals surface area contributed by atoms with Crippen LogP contribution in [0.15, 0.2) is 42.5 Å². The van der Waals surface area contributed by atoms with Crippen molar-refractivity contribution in [1.29, 1.82) is 0 Å². The minimum Gasteiger partial charge on any atom is -0.493 e. The summed E-state index contributed by atoms with van der Waals surface area (Å²) in [4.78, 5) is 31.0. The lowest BCUT2D eigenvalue weighted by Gasteiger charge is -2.60. The molecule has 2 fully saturated rings. The summed E-state index contributed by atoms with van der Waals surface area (Å²) in [5.74, 6) is 2.69. The van der Waals surface area contributed by atoms with Crippen molar-refractivity contribution in [2.75, 3.05) is 26.7 Å². The first-order valence-electron chi connectivity index (χ1n) is 16.9. The first-order valence-corrected chi connectivity index (χ1v) is 16.9. The molecule has 6 heteroatoms. The van der Waals surface area contributed by atoms with Crippen molar-refractivity contribution >= 4 is 11.7 Å². The molecule has 2 aliphatic carbocycles. The summed E-state index contributed by atoms with van der Waals surface area (Å²) in [6.45, 7) is 6.17. The number of aryl methyl sites for hydroxylation is 1. The molecule has 0 aromatic heterocycles. The van der Waals surface area contributed by atoms with E-state index in [1.807, 2.05) is 0 Å². The summed E-state index contributed by atoms with van der Waals surface area (Å²) < 4.78 is 12.9. The lowest BCUT2D eigenvalue weighted by atomic mass is 9.51. The van der Waals surface area contributed by atoms with Gasteiger partial charge in [-0.1, -0.05) is 62.6 Å². The molecule has 6 nitrogen and oxygen atoms in total. The van der Waals surface area contributed by atoms with Crippen LogP contribution in [0, 0.1) is 5.92 Å². The lowest BCUT2D eigenvalue weighted by Crippen LogP contribution is -2.69. The van der Waals surface area contributed by atoms with Gasteiger partial charge in [-0.2, -0.15) is 0 Å². The van der Waals surface area contributed by atoms with E-state index in [9.17, 15) is 9.59 Å². The van der Waals surface area contributed by atoms with Gasteiger partial charge in [-0.3, -0.25) is 14.5 Å². The molecular weight excluding hydrogens is 536 g/mol. The number of carbonyl (C=O) groups excluding carboxylic acids is 2. The van der Waals surface area contributed by atoms with E-state index in [2.05, 4.69) is 59.2 Å². The van der Waals surface area contributed by atoms with E-state index in [4.69, 9.17) is 9.47 Å². The van der Waals surface area contributed by atoms with Gasteiger partial charge in [-0.15, -0.1) is 0 Å². The molecule has 5 atom stereocenters. The second-order valence-corrected chi connectivity index (χ2v) is 13.5. The van der Waals surface area contributed by atoms with Gasteiger partial charge in [0.1, 0.15) is 11.9 Å². The van der Waals surface area contributed by atoms with Gasteiger partial charge < -0.3 is 14.4 Å². The van der Waals surface area contributed by atoms with Gasteiger partial charge in [0.25, 0.3) is 0 Å². The van der Waals surface area contributed by atoms with Crippen molar-refractivity contribution in [3.05, 3.63) is 59.2 Å². The monoisotopic (exact) mass is 586 g/mol. The topological polar surface area (TPSA) is 59.1 Å². The van der Waals surface area contributed by atoms with Crippen LogP contribution in [0.1, 0.15) is 94.7 Å². The molecule has 232 valence electrons. The SMILES string of the molecule is CCCCCN(C(=O)CCCCCc1ccccc1)[C@@H]1CC[C@H]2[C@H]3Cc4ccc(OC)c5c4[C@@]2(CCN3CC(C)=O)[C@H]1O5. The second kappa shape index (κ2) is 13.0. The highest BCUT2D eigenvalue weighted by Crippen LogP contribution is 2.64. The minimum atomic E-state index is -0.128. The third kappa shape index (κ3) is 5.61. The Hall–Kier alpha value is -2.86. The summed E-state index contributed by atoms with van der Waals surface area (Å²) in [7, 11) is 1.73. The number of rotatable bonds is 14. The van der Waals surface area contributed by atoms with Crippen molar-refractivity contribution in [3.8, 4) is 11.5 Å². The number of methoxy groups -OCH3 is 1. The van der Waals surface area contributed by atoms with Crippen molar-refractivity contribution < 1.29 is 19.1 Å². The molecule has 1 saturated heterocycles. The van der Waals surface area contributed by atoms with Gasteiger partial charge >= 0.3 is 0 Å². The van der Waals surface area contributed by atoms with Gasteiger partial charge in [0.2, 0.25) is 5.91 Å². The van der Waals surface area contributed by atoms with Crippen LogP contribution in [0.2, 0.25) is 0 Å². The fourth-order valence-electron chi connectivity index (χ4n) is 9.13. The van der Waals surface area contributed by atoms with Gasteiger partial charge in [-0.25, -0.2) is 0 Å². The number of unbranched alkanes of at least 4 members (excludes halogenated alkanes) is 4. The van der Waals surface area contributed by atoms with E-state index in [0.29, 0.717) is 30.8 Å². The van der Waals surface area contributed by atoms with Crippen molar-refractivity contribution in [2.24, 2.45) is 5.92 Å². The predicted molar refractivity (Wildman–Crippen MR) is 170 cm³/mol. The Morgan fingerprint density at radius 1 is 1.05 bits per heavy atom. The quantitative estimate of drug-likeness (QED) is 0.236. The summed E-state index contributed by atoms with van der Waals surface area (Å²) in [5.41, 5.74) is 3.94. The van der Waals surface area contributed by atoms with Crippen LogP contribution in [-0.4, -0.2) is 66.4 Å². The lowest BCUT2D eigenvalue weighted by molar-refractivity contribution is -0.143. The molecule has 1 spiro atoms. The third-order valence-corrected chi connectivity index (χ3v) is 11.0. The Balaban J connectivity index is 1.24. The molecule has 2 aliphatic heterocycles. The van der Waals surface area contributed by atoms with Crippen LogP contribution >= 0.6 is 0 Å². The van der Waals surface area contributed by atoms with E-state index < -0.39 is 0 Å². The average molecular weight is 587 g/mol. The number of carbonyl (C=O) groups is 2. The number of likely N-dealkylation sites (tertiary alicyclic amines) is 1. The molecule has 1 saturated carbocycles. The molecule has 43 heavy (non-hydrogen) atoms. The fourth-order valence-corrected chi connectivity index (χ4v) is 9.13. The maximum atomic E-state index is 14.1. The number of piperidine rings is 1. The first kappa shape index (κ1) is 30.2. The average Bonchev–Trinajstić information content (AvgIpc) is 3.36. The van der Waals surface area contributed by atoms with E-state index in [-0.39, 0.29) is 23.3 Å². The number of amides is 1. The zero-order valence-corrected chi connectivity index (χ0v) is 26.5. The third-order valence-electron chi connectivity index (χ3n) is 11.0. The molecule has 0 unspecified atom stereocenters. The van der Waals surface area contributed by atoms with E-state index in [1.165, 1.54) is 16.7 Å². The summed E-state index contributed by atoms with van der Waals surface area (Å²) in [6.07, 6.45) is 12.0. The molecule has 4 aliphatic rings. The molecular formula is C37H50N2O4. The number of Topliss-reactive ketones (excluding diaryl/α,β-unsaturated/α-hetero) is 1. The largest absolute Gasteiger partial charge is 0.493 e. The van der Waals surface area contributed by atoms with Crippen molar-refractivity contribution in [3.63, 3.8) is 0 Å². The molecule has 2 aromatic carbocycles. The number of hydrogen-bond donors (Lipinski definition) is 0. The summed E-state index contributed by atoms with van der Waals surface area (Å²) >= 11 is 0. The normalized spacial score (nSPS) is 26.9. The standard InChI is InChI=1S/C37H50N2O4/c1-4-5-12-22-39(33(41)16-11-7-10-15-27-13-8-6-9-14-27)30-19-18-29-31-24-28-17-20-32(42-3)35-34(28)37(29,36(30)43-35)21-23-38(31)25-26(2)40/h6,8-9,13-14,17,20,29-31,36H,4-5,7,10-12,15-16,18-19,21-25H2,1-3H3/t29-,30+,31+,36-,37-/m0/s1. The Bertz CT molecular complexity index is 1300. The molecule has 0 N–H and O–H groups in total. The highest BCUT2D eigenvalue weighted by atomic mass is 16.5. The molecule has 2 bridgehead atoms. The Kier molecular flexibility index (Phi) is 9.13. The first-order chi connectivity index (χ1) is 21.0. The number of ether oxygens (including phenoxy) is 2. The molecule has 1 amide bonds. The smallest absolute Gasteiger partial charge is 0.222 e. The van der Waals surface area contributed by atoms with Crippen LogP contribution in [0.3, 0.4) is 0 Å². The maximum absolute atomic E-state index is 14.1. The molecule has 0 radical (unpaired) electrons. The number of hydrogen-bond acceptors (Lipinski definition) is 5. The maximum Gasteiger partial charge on any atom is 0.222 e. The van der Waals surface area contributed by atoms with Gasteiger partial charge in [0, 0.05) is 30.0 Å². The highest BCUT2D eigenvalue weighted by molar-refractivity contribution is 5.78. The summed E-state index contributed by atoms with van der Waals surface area (Å²) in [6, 6.07) is 15.3. The van der Waals surface area contributed by atoms with E-state index >= 15 is 0 Å². The van der Waals surface area contributed by atoms with Crippen LogP contribution in [0.4, 0.5) is 0 Å². The second-order valence-electron chi connectivity index (χ2n) is 13.5. The Labute approximate surface area is 258 Å². The van der Waals surface area contributed by atoms with Crippen LogP contribution in [0.5, 0.6) is 11.5 Å². The number of benzene rings is 2. The van der Waals surface area contributed by atoms with Crippen molar-refractivity contribution in [2.45, 2.75) is 114 Å². The van der Waals surface area contributed by atoms with Gasteiger partial charge in [0.05, 0.1) is 19.7 Å². The number of nitrogens with zero attached hydrogens (tertiary/aromatic N) is 2. The van der Waals surface area contributed by atoms with Crippen LogP contribution in [0.25, 0.3) is 0 Å². The molecule has 6 rings (SSSR count). The molecule has 2 heterocycles.